The number of carbonyl (C=O) groups is 2. The molecule has 28 heavy (non-hydrogen) atoms. The Labute approximate surface area is 165 Å². The second kappa shape index (κ2) is 7.52. The van der Waals surface area contributed by atoms with Crippen molar-refractivity contribution in [2.45, 2.75) is 13.3 Å². The van der Waals surface area contributed by atoms with Crippen molar-refractivity contribution in [2.75, 3.05) is 16.8 Å². The molecule has 1 aliphatic heterocycles. The molecule has 3 aromatic rings. The zero-order valence-electron chi connectivity index (χ0n) is 15.2. The van der Waals surface area contributed by atoms with E-state index in [1.54, 1.807) is 18.2 Å². The van der Waals surface area contributed by atoms with Crippen LogP contribution in [0.3, 0.4) is 0 Å². The van der Waals surface area contributed by atoms with E-state index in [0.717, 1.165) is 16.1 Å². The van der Waals surface area contributed by atoms with Gasteiger partial charge >= 0.3 is 0 Å². The van der Waals surface area contributed by atoms with Crippen molar-refractivity contribution in [3.05, 3.63) is 66.1 Å². The normalized spacial score (nSPS) is 16.4. The highest BCUT2D eigenvalue weighted by atomic mass is 32.1. The third-order valence-corrected chi connectivity index (χ3v) is 5.82. The molecule has 0 spiro atoms. The van der Waals surface area contributed by atoms with E-state index in [0.29, 0.717) is 5.13 Å². The van der Waals surface area contributed by atoms with Crippen LogP contribution in [0.4, 0.5) is 15.2 Å². The Morgan fingerprint density at radius 2 is 1.89 bits per heavy atom. The molecule has 0 aliphatic carbocycles. The molecule has 1 saturated heterocycles. The van der Waals surface area contributed by atoms with Gasteiger partial charge in [-0.3, -0.25) is 9.59 Å². The van der Waals surface area contributed by atoms with Gasteiger partial charge in [0.2, 0.25) is 11.8 Å². The lowest BCUT2D eigenvalue weighted by molar-refractivity contribution is -0.122. The molecule has 1 N–H and O–H groups in total. The first-order chi connectivity index (χ1) is 13.5. The van der Waals surface area contributed by atoms with Crippen LogP contribution in [0, 0.1) is 18.7 Å². The lowest BCUT2D eigenvalue weighted by Gasteiger charge is -2.17. The lowest BCUT2D eigenvalue weighted by atomic mass is 10.1. The van der Waals surface area contributed by atoms with E-state index in [1.807, 2.05) is 37.3 Å². The molecule has 1 fully saturated rings. The number of nitrogens with one attached hydrogen (secondary N) is 1. The first-order valence-electron chi connectivity index (χ1n) is 8.91. The first kappa shape index (κ1) is 18.3. The van der Waals surface area contributed by atoms with Crippen molar-refractivity contribution in [2.24, 2.45) is 5.92 Å². The number of hydrogen-bond donors (Lipinski definition) is 1. The maximum absolute atomic E-state index is 14.0. The first-order valence-corrected chi connectivity index (χ1v) is 9.73. The molecule has 1 aliphatic rings. The third-order valence-electron chi connectivity index (χ3n) is 4.70. The molecule has 7 heteroatoms. The standard InChI is InChI=1S/C21H18FN3O2S/c1-13-19(14-7-3-2-4-8-14)28-21(23-13)24-20(27)15-11-18(26)25(12-15)17-10-6-5-9-16(17)22/h2-10,15H,11-12H2,1H3,(H,23,24,27). The van der Waals surface area contributed by atoms with Crippen LogP contribution in [0.15, 0.2) is 54.6 Å². The highest BCUT2D eigenvalue weighted by Crippen LogP contribution is 2.33. The van der Waals surface area contributed by atoms with Crippen LogP contribution < -0.4 is 10.2 Å². The number of aryl methyl sites for hydroxylation is 1. The van der Waals surface area contributed by atoms with Gasteiger partial charge in [-0.2, -0.15) is 0 Å². The summed E-state index contributed by atoms with van der Waals surface area (Å²) in [5, 5.41) is 3.32. The summed E-state index contributed by atoms with van der Waals surface area (Å²) < 4.78 is 14.0. The summed E-state index contributed by atoms with van der Waals surface area (Å²) in [7, 11) is 0. The van der Waals surface area contributed by atoms with Gasteiger partial charge in [-0.25, -0.2) is 9.37 Å². The lowest BCUT2D eigenvalue weighted by Crippen LogP contribution is -2.28. The van der Waals surface area contributed by atoms with Crippen LogP contribution in [0.25, 0.3) is 10.4 Å². The number of rotatable bonds is 4. The zero-order chi connectivity index (χ0) is 19.7. The van der Waals surface area contributed by atoms with Gasteiger partial charge < -0.3 is 10.2 Å². The van der Waals surface area contributed by atoms with Gasteiger partial charge in [0.05, 0.1) is 22.2 Å². The van der Waals surface area contributed by atoms with Crippen molar-refractivity contribution in [1.82, 2.24) is 4.98 Å². The van der Waals surface area contributed by atoms with Gasteiger partial charge in [-0.05, 0) is 24.6 Å². The quantitative estimate of drug-likeness (QED) is 0.718. The molecule has 1 atom stereocenters. The van der Waals surface area contributed by atoms with Crippen molar-refractivity contribution in [3.8, 4) is 10.4 Å². The van der Waals surface area contributed by atoms with Gasteiger partial charge in [0.15, 0.2) is 5.13 Å². The van der Waals surface area contributed by atoms with Crippen LogP contribution >= 0.6 is 11.3 Å². The van der Waals surface area contributed by atoms with Crippen molar-refractivity contribution in [3.63, 3.8) is 0 Å². The predicted molar refractivity (Wildman–Crippen MR) is 108 cm³/mol. The van der Waals surface area contributed by atoms with Crippen molar-refractivity contribution < 1.29 is 14.0 Å². The number of anilines is 2. The average Bonchev–Trinajstić information content (AvgIpc) is 3.25. The summed E-state index contributed by atoms with van der Waals surface area (Å²) in [5.74, 6) is -1.55. The number of thiazole rings is 1. The molecule has 2 heterocycles. The Kier molecular flexibility index (Phi) is 4.92. The fraction of sp³-hybridized carbons (Fsp3) is 0.190. The van der Waals surface area contributed by atoms with E-state index in [9.17, 15) is 14.0 Å². The molecule has 4 rings (SSSR count). The second-order valence-electron chi connectivity index (χ2n) is 6.65. The molecular weight excluding hydrogens is 377 g/mol. The van der Waals surface area contributed by atoms with Gasteiger partial charge in [0, 0.05) is 13.0 Å². The molecule has 2 aromatic carbocycles. The number of amides is 2. The Morgan fingerprint density at radius 1 is 1.18 bits per heavy atom. The van der Waals surface area contributed by atoms with Crippen LogP contribution in [-0.4, -0.2) is 23.3 Å². The molecule has 5 nitrogen and oxygen atoms in total. The number of carbonyl (C=O) groups excluding carboxylic acids is 2. The monoisotopic (exact) mass is 395 g/mol. The average molecular weight is 395 g/mol. The number of para-hydroxylation sites is 1. The van der Waals surface area contributed by atoms with Gasteiger partial charge in [0.25, 0.3) is 0 Å². The molecule has 0 bridgehead atoms. The van der Waals surface area contributed by atoms with Crippen LogP contribution in [-0.2, 0) is 9.59 Å². The largest absolute Gasteiger partial charge is 0.309 e. The minimum atomic E-state index is -0.545. The molecule has 0 radical (unpaired) electrons. The predicted octanol–water partition coefficient (Wildman–Crippen LogP) is 4.25. The highest BCUT2D eigenvalue weighted by molar-refractivity contribution is 7.19. The molecule has 1 unspecified atom stereocenters. The van der Waals surface area contributed by atoms with E-state index in [1.165, 1.54) is 22.3 Å². The van der Waals surface area contributed by atoms with E-state index in [2.05, 4.69) is 10.3 Å². The minimum absolute atomic E-state index is 0.0517. The topological polar surface area (TPSA) is 62.3 Å². The molecule has 2 amide bonds. The second-order valence-corrected chi connectivity index (χ2v) is 7.64. The Balaban J connectivity index is 1.48. The number of benzene rings is 2. The summed E-state index contributed by atoms with van der Waals surface area (Å²) in [6, 6.07) is 15.9. The molecular formula is C21H18FN3O2S. The van der Waals surface area contributed by atoms with Crippen LogP contribution in [0.5, 0.6) is 0 Å². The van der Waals surface area contributed by atoms with Crippen molar-refractivity contribution >= 4 is 34.0 Å². The number of nitrogens with zero attached hydrogens (tertiary/aromatic N) is 2. The van der Waals surface area contributed by atoms with Crippen molar-refractivity contribution in [1.29, 1.82) is 0 Å². The Bertz CT molecular complexity index is 1040. The molecule has 1 aromatic heterocycles. The van der Waals surface area contributed by atoms with E-state index in [4.69, 9.17) is 0 Å². The van der Waals surface area contributed by atoms with Gasteiger partial charge in [-0.1, -0.05) is 53.8 Å². The van der Waals surface area contributed by atoms with Gasteiger partial charge in [0.1, 0.15) is 5.82 Å². The summed E-state index contributed by atoms with van der Waals surface area (Å²) in [5.41, 5.74) is 2.08. The minimum Gasteiger partial charge on any atom is -0.309 e. The Morgan fingerprint density at radius 3 is 2.64 bits per heavy atom. The summed E-state index contributed by atoms with van der Waals surface area (Å²) in [6.45, 7) is 2.05. The summed E-state index contributed by atoms with van der Waals surface area (Å²) in [4.78, 5) is 31.7. The maximum atomic E-state index is 14.0. The van der Waals surface area contributed by atoms with E-state index in [-0.39, 0.29) is 30.5 Å². The number of halogens is 1. The van der Waals surface area contributed by atoms with Crippen LogP contribution in [0.2, 0.25) is 0 Å². The SMILES string of the molecule is Cc1nc(NC(=O)C2CC(=O)N(c3ccccc3F)C2)sc1-c1ccccc1. The smallest absolute Gasteiger partial charge is 0.231 e. The fourth-order valence-electron chi connectivity index (χ4n) is 3.30. The summed E-state index contributed by atoms with van der Waals surface area (Å²) in [6.07, 6.45) is 0.0517. The number of aromatic nitrogens is 1. The third kappa shape index (κ3) is 3.53. The number of hydrogen-bond acceptors (Lipinski definition) is 4. The Hall–Kier alpha value is -3.06. The fourth-order valence-corrected chi connectivity index (χ4v) is 4.28. The zero-order valence-corrected chi connectivity index (χ0v) is 16.0. The maximum Gasteiger partial charge on any atom is 0.231 e. The van der Waals surface area contributed by atoms with Crippen LogP contribution in [0.1, 0.15) is 12.1 Å². The highest BCUT2D eigenvalue weighted by Gasteiger charge is 2.36. The van der Waals surface area contributed by atoms with E-state index < -0.39 is 11.7 Å². The summed E-state index contributed by atoms with van der Waals surface area (Å²) >= 11 is 1.40. The van der Waals surface area contributed by atoms with Gasteiger partial charge in [-0.15, -0.1) is 0 Å². The van der Waals surface area contributed by atoms with E-state index >= 15 is 0 Å². The molecule has 0 saturated carbocycles. The molecule has 142 valence electrons.